The van der Waals surface area contributed by atoms with Crippen LogP contribution in [0, 0.1) is 0 Å². The Morgan fingerprint density at radius 1 is 0.929 bits per heavy atom. The molecule has 0 radical (unpaired) electrons. The third-order valence-electron chi connectivity index (χ3n) is 4.93. The molecule has 146 valence electrons. The van der Waals surface area contributed by atoms with Crippen LogP contribution in [-0.2, 0) is 19.1 Å². The average Bonchev–Trinajstić information content (AvgIpc) is 3.18. The van der Waals surface area contributed by atoms with E-state index in [0.29, 0.717) is 56.3 Å². The van der Waals surface area contributed by atoms with Crippen molar-refractivity contribution in [3.8, 4) is 11.5 Å². The lowest BCUT2D eigenvalue weighted by atomic mass is 10.0. The van der Waals surface area contributed by atoms with Gasteiger partial charge in [-0.3, -0.25) is 9.59 Å². The molecule has 0 aromatic heterocycles. The summed E-state index contributed by atoms with van der Waals surface area (Å²) in [6, 6.07) is 16.3. The number of likely N-dealkylation sites (tertiary alicyclic amines) is 1. The van der Waals surface area contributed by atoms with Gasteiger partial charge in [0.15, 0.2) is 11.5 Å². The van der Waals surface area contributed by atoms with Gasteiger partial charge in [0.1, 0.15) is 5.75 Å². The van der Waals surface area contributed by atoms with Crippen LogP contribution < -0.4 is 10.1 Å². The van der Waals surface area contributed by atoms with E-state index in [1.54, 1.807) is 24.3 Å². The molecule has 2 saturated heterocycles. The molecule has 1 spiro atoms. The number of para-hydroxylation sites is 3. The van der Waals surface area contributed by atoms with Crippen molar-refractivity contribution in [2.24, 2.45) is 0 Å². The SMILES string of the molecule is O=C(Nc1ccccc1Oc1ccccc1)C(=O)N1CCC2(CC1)OCCO2. The Labute approximate surface area is 163 Å². The lowest BCUT2D eigenvalue weighted by molar-refractivity contribution is -0.187. The molecule has 2 amide bonds. The van der Waals surface area contributed by atoms with Gasteiger partial charge in [-0.1, -0.05) is 30.3 Å². The van der Waals surface area contributed by atoms with E-state index in [1.165, 1.54) is 4.90 Å². The standard InChI is InChI=1S/C21H22N2O5/c24-19(20(25)23-12-10-21(11-13-23)26-14-15-27-21)22-17-8-4-5-9-18(17)28-16-6-2-1-3-7-16/h1-9H,10-15H2,(H,22,24). The van der Waals surface area contributed by atoms with Gasteiger partial charge in [-0.05, 0) is 24.3 Å². The molecule has 28 heavy (non-hydrogen) atoms. The smallest absolute Gasteiger partial charge is 0.314 e. The quantitative estimate of drug-likeness (QED) is 0.826. The number of nitrogens with zero attached hydrogens (tertiary/aromatic N) is 1. The second-order valence-corrected chi connectivity index (χ2v) is 6.77. The monoisotopic (exact) mass is 382 g/mol. The normalized spacial score (nSPS) is 18.1. The number of amides is 2. The fourth-order valence-electron chi connectivity index (χ4n) is 3.43. The maximum atomic E-state index is 12.6. The molecule has 4 rings (SSSR count). The largest absolute Gasteiger partial charge is 0.455 e. The Morgan fingerprint density at radius 2 is 1.57 bits per heavy atom. The summed E-state index contributed by atoms with van der Waals surface area (Å²) in [7, 11) is 0. The number of nitrogens with one attached hydrogen (secondary N) is 1. The van der Waals surface area contributed by atoms with Gasteiger partial charge in [0.05, 0.1) is 18.9 Å². The molecule has 2 aliphatic rings. The Balaban J connectivity index is 1.39. The second-order valence-electron chi connectivity index (χ2n) is 6.77. The van der Waals surface area contributed by atoms with Gasteiger partial charge >= 0.3 is 11.8 Å². The first-order valence-corrected chi connectivity index (χ1v) is 9.35. The number of hydrogen-bond acceptors (Lipinski definition) is 5. The lowest BCUT2D eigenvalue weighted by Gasteiger charge is -2.37. The zero-order chi connectivity index (χ0) is 19.4. The summed E-state index contributed by atoms with van der Waals surface area (Å²) >= 11 is 0. The Bertz CT molecular complexity index is 839. The highest BCUT2D eigenvalue weighted by molar-refractivity contribution is 6.39. The molecular formula is C21H22N2O5. The molecule has 1 N–H and O–H groups in total. The number of rotatable bonds is 3. The van der Waals surface area contributed by atoms with Crippen LogP contribution in [0.5, 0.6) is 11.5 Å². The van der Waals surface area contributed by atoms with Crippen molar-refractivity contribution in [2.45, 2.75) is 18.6 Å². The van der Waals surface area contributed by atoms with E-state index < -0.39 is 17.6 Å². The molecule has 2 aromatic carbocycles. The summed E-state index contributed by atoms with van der Waals surface area (Å²) in [4.78, 5) is 26.6. The number of carbonyl (C=O) groups is 2. The van der Waals surface area contributed by atoms with Crippen LogP contribution in [0.1, 0.15) is 12.8 Å². The molecule has 2 aliphatic heterocycles. The van der Waals surface area contributed by atoms with Crippen molar-refractivity contribution in [3.63, 3.8) is 0 Å². The van der Waals surface area contributed by atoms with Gasteiger partial charge in [-0.15, -0.1) is 0 Å². The average molecular weight is 382 g/mol. The highest BCUT2D eigenvalue weighted by Gasteiger charge is 2.41. The number of hydrogen-bond donors (Lipinski definition) is 1. The summed E-state index contributed by atoms with van der Waals surface area (Å²) in [5.74, 6) is -0.715. The number of piperidine rings is 1. The van der Waals surface area contributed by atoms with Crippen LogP contribution in [0.3, 0.4) is 0 Å². The first-order valence-electron chi connectivity index (χ1n) is 9.35. The number of anilines is 1. The lowest BCUT2D eigenvalue weighted by Crippen LogP contribution is -2.50. The van der Waals surface area contributed by atoms with E-state index in [0.717, 1.165) is 0 Å². The maximum absolute atomic E-state index is 12.6. The van der Waals surface area contributed by atoms with Gasteiger partial charge in [-0.2, -0.15) is 0 Å². The predicted molar refractivity (Wildman–Crippen MR) is 102 cm³/mol. The molecule has 0 saturated carbocycles. The minimum Gasteiger partial charge on any atom is -0.455 e. The van der Waals surface area contributed by atoms with Crippen molar-refractivity contribution < 1.29 is 23.8 Å². The van der Waals surface area contributed by atoms with Gasteiger partial charge < -0.3 is 24.4 Å². The maximum Gasteiger partial charge on any atom is 0.314 e. The van der Waals surface area contributed by atoms with Crippen molar-refractivity contribution in [1.29, 1.82) is 0 Å². The van der Waals surface area contributed by atoms with E-state index in [2.05, 4.69) is 5.32 Å². The fourth-order valence-corrected chi connectivity index (χ4v) is 3.43. The minimum absolute atomic E-state index is 0.425. The topological polar surface area (TPSA) is 77.1 Å². The number of carbonyl (C=O) groups excluding carboxylic acids is 2. The van der Waals surface area contributed by atoms with Crippen molar-refractivity contribution >= 4 is 17.5 Å². The molecular weight excluding hydrogens is 360 g/mol. The summed E-state index contributed by atoms with van der Waals surface area (Å²) in [5.41, 5.74) is 0.445. The molecule has 0 bridgehead atoms. The Hall–Kier alpha value is -2.90. The molecule has 0 unspecified atom stereocenters. The van der Waals surface area contributed by atoms with Gasteiger partial charge in [0.25, 0.3) is 0 Å². The molecule has 0 aliphatic carbocycles. The summed E-state index contributed by atoms with van der Waals surface area (Å²) in [6.07, 6.45) is 1.14. The molecule has 0 atom stereocenters. The van der Waals surface area contributed by atoms with Crippen LogP contribution >= 0.6 is 0 Å². The molecule has 2 fully saturated rings. The van der Waals surface area contributed by atoms with Crippen LogP contribution in [0.15, 0.2) is 54.6 Å². The summed E-state index contributed by atoms with van der Waals surface area (Å²) < 4.78 is 17.1. The summed E-state index contributed by atoms with van der Waals surface area (Å²) in [6.45, 7) is 2.00. The molecule has 7 heteroatoms. The van der Waals surface area contributed by atoms with Crippen LogP contribution in [0.2, 0.25) is 0 Å². The molecule has 2 aromatic rings. The minimum atomic E-state index is -0.687. The zero-order valence-electron chi connectivity index (χ0n) is 15.4. The van der Waals surface area contributed by atoms with Crippen molar-refractivity contribution in [1.82, 2.24) is 4.90 Å². The first kappa shape index (κ1) is 18.5. The van der Waals surface area contributed by atoms with Crippen LogP contribution in [0.25, 0.3) is 0 Å². The summed E-state index contributed by atoms with van der Waals surface area (Å²) in [5, 5.41) is 2.67. The van der Waals surface area contributed by atoms with Crippen molar-refractivity contribution in [3.05, 3.63) is 54.6 Å². The van der Waals surface area contributed by atoms with Gasteiger partial charge in [0, 0.05) is 25.9 Å². The van der Waals surface area contributed by atoms with E-state index in [1.807, 2.05) is 30.3 Å². The van der Waals surface area contributed by atoms with Gasteiger partial charge in [0.2, 0.25) is 0 Å². The molecule has 7 nitrogen and oxygen atoms in total. The van der Waals surface area contributed by atoms with Gasteiger partial charge in [-0.25, -0.2) is 0 Å². The van der Waals surface area contributed by atoms with E-state index in [4.69, 9.17) is 14.2 Å². The Morgan fingerprint density at radius 3 is 2.29 bits per heavy atom. The first-order chi connectivity index (χ1) is 13.7. The van der Waals surface area contributed by atoms with E-state index in [-0.39, 0.29) is 0 Å². The fraction of sp³-hybridized carbons (Fsp3) is 0.333. The predicted octanol–water partition coefficient (Wildman–Crippen LogP) is 2.78. The second kappa shape index (κ2) is 8.00. The third-order valence-corrected chi connectivity index (χ3v) is 4.93. The number of ether oxygens (including phenoxy) is 3. The number of benzene rings is 2. The zero-order valence-corrected chi connectivity index (χ0v) is 15.4. The highest BCUT2D eigenvalue weighted by atomic mass is 16.7. The third kappa shape index (κ3) is 4.00. The Kier molecular flexibility index (Phi) is 5.27. The van der Waals surface area contributed by atoms with E-state index in [9.17, 15) is 9.59 Å². The molecule has 2 heterocycles. The van der Waals surface area contributed by atoms with E-state index >= 15 is 0 Å². The van der Waals surface area contributed by atoms with Crippen molar-refractivity contribution in [2.75, 3.05) is 31.6 Å². The highest BCUT2D eigenvalue weighted by Crippen LogP contribution is 2.32. The van der Waals surface area contributed by atoms with Crippen LogP contribution in [0.4, 0.5) is 5.69 Å². The van der Waals surface area contributed by atoms with Crippen LogP contribution in [-0.4, -0.2) is 48.8 Å².